The van der Waals surface area contributed by atoms with Gasteiger partial charge in [-0.05, 0) is 32.1 Å². The summed E-state index contributed by atoms with van der Waals surface area (Å²) in [7, 11) is 2.16. The van der Waals surface area contributed by atoms with E-state index in [1.54, 1.807) is 0 Å². The van der Waals surface area contributed by atoms with E-state index in [2.05, 4.69) is 34.5 Å². The number of halogens is 1. The molecule has 0 saturated heterocycles. The van der Waals surface area contributed by atoms with Crippen molar-refractivity contribution in [2.24, 2.45) is 0 Å². The van der Waals surface area contributed by atoms with Crippen LogP contribution in [-0.2, 0) is 4.65 Å². The van der Waals surface area contributed by atoms with Gasteiger partial charge in [0.25, 0.3) is 0 Å². The molecule has 0 radical (unpaired) electrons. The first-order chi connectivity index (χ1) is 6.43. The predicted molar refractivity (Wildman–Crippen MR) is 72.6 cm³/mol. The van der Waals surface area contributed by atoms with E-state index in [0.717, 1.165) is 7.37 Å². The van der Waals surface area contributed by atoms with Crippen LogP contribution < -0.4 is 0 Å². The molecule has 1 nitrogen and oxygen atoms in total. The maximum Gasteiger partial charge on any atom is 0.227 e. The van der Waals surface area contributed by atoms with E-state index in [1.807, 2.05) is 0 Å². The summed E-state index contributed by atoms with van der Waals surface area (Å²) in [6, 6.07) is 0. The van der Waals surface area contributed by atoms with Gasteiger partial charge in [-0.15, -0.1) is 0 Å². The maximum absolute atomic E-state index is 5.82. The van der Waals surface area contributed by atoms with E-state index in [4.69, 9.17) is 4.65 Å². The molecule has 0 aromatic heterocycles. The lowest BCUT2D eigenvalue weighted by Crippen LogP contribution is -2.21. The molecule has 1 aliphatic rings. The summed E-state index contributed by atoms with van der Waals surface area (Å²) in [6.45, 7) is 0. The Morgan fingerprint density at radius 2 is 2.08 bits per heavy atom. The van der Waals surface area contributed by atoms with Crippen LogP contribution in [0, 0.1) is 0 Å². The summed E-state index contributed by atoms with van der Waals surface area (Å²) in [5, 5.41) is 1.21. The van der Waals surface area contributed by atoms with Crippen molar-refractivity contribution < 1.29 is 4.65 Å². The highest BCUT2D eigenvalue weighted by Gasteiger charge is 2.09. The van der Waals surface area contributed by atoms with Crippen LogP contribution >= 0.6 is 22.4 Å². The molecule has 0 aliphatic heterocycles. The molecule has 0 aromatic carbocycles. The summed E-state index contributed by atoms with van der Waals surface area (Å²) in [5.74, 6) is 0. The van der Waals surface area contributed by atoms with Crippen molar-refractivity contribution in [3.8, 4) is 0 Å². The minimum Gasteiger partial charge on any atom is -0.447 e. The van der Waals surface area contributed by atoms with Gasteiger partial charge in [0.15, 0.2) is 5.03 Å². The Hall–Kier alpha value is 0.625. The molecule has 0 saturated carbocycles. The molecule has 0 fully saturated rings. The molecule has 0 spiro atoms. The van der Waals surface area contributed by atoms with E-state index in [1.165, 1.54) is 44.2 Å². The average Bonchev–Trinajstić information content (AvgIpc) is 2.08. The highest BCUT2D eigenvalue weighted by molar-refractivity contribution is 14.1. The van der Waals surface area contributed by atoms with E-state index in [0.29, 0.717) is 6.10 Å². The van der Waals surface area contributed by atoms with Gasteiger partial charge in [-0.1, -0.05) is 12.2 Å². The summed E-state index contributed by atoms with van der Waals surface area (Å²) < 4.78 is 5.82. The molecular formula is C8H16B3IO. The number of allylic oxidation sites excluding steroid dienone is 2. The summed E-state index contributed by atoms with van der Waals surface area (Å²) in [5.41, 5.74) is 0. The van der Waals surface area contributed by atoms with Crippen LogP contribution in [0.25, 0.3) is 0 Å². The van der Waals surface area contributed by atoms with Crippen molar-refractivity contribution in [1.82, 2.24) is 0 Å². The van der Waals surface area contributed by atoms with Crippen molar-refractivity contribution in [2.45, 2.75) is 38.2 Å². The topological polar surface area (TPSA) is 9.23 Å². The van der Waals surface area contributed by atoms with Crippen molar-refractivity contribution in [1.29, 1.82) is 0 Å². The number of hydrogen-bond acceptors (Lipinski definition) is 1. The van der Waals surface area contributed by atoms with Crippen LogP contribution in [0.3, 0.4) is 0 Å². The molecule has 70 valence electrons. The molecular weight excluding hydrogens is 271 g/mol. The minimum absolute atomic E-state index is 0.535. The van der Waals surface area contributed by atoms with Crippen LogP contribution in [-0.4, -0.2) is 25.6 Å². The Balaban J connectivity index is 2.12. The van der Waals surface area contributed by atoms with Crippen molar-refractivity contribution in [3.05, 3.63) is 12.2 Å². The lowest BCUT2D eigenvalue weighted by molar-refractivity contribution is 0.192. The first-order valence-electron chi connectivity index (χ1n) is 5.26. The third-order valence-electron chi connectivity index (χ3n) is 2.35. The molecule has 0 amide bonds. The summed E-state index contributed by atoms with van der Waals surface area (Å²) in [6.07, 6.45) is 11.4. The first kappa shape index (κ1) is 11.7. The minimum atomic E-state index is 0.535. The van der Waals surface area contributed by atoms with Crippen molar-refractivity contribution >= 4 is 41.8 Å². The number of hydrogen-bond donors (Lipinski definition) is 0. The third kappa shape index (κ3) is 5.84. The number of rotatable bonds is 4. The molecule has 0 N–H and O–H groups in total. The highest BCUT2D eigenvalue weighted by Crippen LogP contribution is 2.14. The fraction of sp³-hybridized carbons (Fsp3) is 0.750. The van der Waals surface area contributed by atoms with Gasteiger partial charge >= 0.3 is 0 Å². The summed E-state index contributed by atoms with van der Waals surface area (Å²) >= 11 is 2.40. The van der Waals surface area contributed by atoms with Gasteiger partial charge in [-0.3, -0.25) is 0 Å². The second kappa shape index (κ2) is 7.98. The van der Waals surface area contributed by atoms with Gasteiger partial charge in [0.1, 0.15) is 7.06 Å². The normalized spacial score (nSPS) is 25.5. The molecule has 0 bridgehead atoms. The standard InChI is InChI=1S/C8H16B3IO/c12-10-9-11-13-8-6-4-2-1-3-5-7-8/h1-2,8-11H,3-7H2/b2-1+. The Kier molecular flexibility index (Phi) is 7.18. The van der Waals surface area contributed by atoms with E-state index in [9.17, 15) is 0 Å². The quantitative estimate of drug-likeness (QED) is 0.328. The van der Waals surface area contributed by atoms with Crippen LogP contribution in [0.2, 0.25) is 0 Å². The van der Waals surface area contributed by atoms with Crippen LogP contribution in [0.5, 0.6) is 0 Å². The van der Waals surface area contributed by atoms with E-state index < -0.39 is 0 Å². The first-order valence-corrected chi connectivity index (χ1v) is 6.78. The molecule has 5 heteroatoms. The second-order valence-electron chi connectivity index (χ2n) is 3.51. The smallest absolute Gasteiger partial charge is 0.227 e. The Morgan fingerprint density at radius 3 is 2.92 bits per heavy atom. The van der Waals surface area contributed by atoms with Gasteiger partial charge in [0.2, 0.25) is 7.37 Å². The Labute approximate surface area is 96.7 Å². The van der Waals surface area contributed by atoms with Crippen LogP contribution in [0.15, 0.2) is 12.2 Å². The third-order valence-corrected chi connectivity index (χ3v) is 3.11. The van der Waals surface area contributed by atoms with E-state index in [-0.39, 0.29) is 0 Å². The van der Waals surface area contributed by atoms with Gasteiger partial charge in [-0.2, -0.15) is 22.4 Å². The largest absolute Gasteiger partial charge is 0.447 e. The molecule has 1 aliphatic carbocycles. The molecule has 1 atom stereocenters. The molecule has 13 heavy (non-hydrogen) atoms. The Bertz CT molecular complexity index is 154. The maximum atomic E-state index is 5.82. The van der Waals surface area contributed by atoms with Crippen LogP contribution in [0.4, 0.5) is 0 Å². The zero-order valence-corrected chi connectivity index (χ0v) is 10.3. The predicted octanol–water partition coefficient (Wildman–Crippen LogP) is 1.30. The van der Waals surface area contributed by atoms with Gasteiger partial charge in [0, 0.05) is 6.10 Å². The van der Waals surface area contributed by atoms with Crippen molar-refractivity contribution in [3.63, 3.8) is 0 Å². The lowest BCUT2D eigenvalue weighted by atomic mass is 9.35. The van der Waals surface area contributed by atoms with Gasteiger partial charge < -0.3 is 4.65 Å². The second-order valence-corrected chi connectivity index (χ2v) is 4.59. The monoisotopic (exact) mass is 288 g/mol. The molecule has 0 heterocycles. The summed E-state index contributed by atoms with van der Waals surface area (Å²) in [4.78, 5) is 0. The molecule has 1 unspecified atom stereocenters. The average molecular weight is 288 g/mol. The fourth-order valence-electron chi connectivity index (χ4n) is 1.60. The van der Waals surface area contributed by atoms with Crippen LogP contribution in [0.1, 0.15) is 32.1 Å². The zero-order valence-electron chi connectivity index (χ0n) is 8.18. The SMILES string of the molecule is IBBBOC1CC/C=C/CCC1. The van der Waals surface area contributed by atoms with Crippen molar-refractivity contribution in [2.75, 3.05) is 0 Å². The fourth-order valence-corrected chi connectivity index (χ4v) is 1.91. The Morgan fingerprint density at radius 1 is 1.23 bits per heavy atom. The molecule has 0 aromatic rings. The van der Waals surface area contributed by atoms with E-state index >= 15 is 0 Å². The van der Waals surface area contributed by atoms with Gasteiger partial charge in [0.05, 0.1) is 0 Å². The zero-order chi connectivity index (χ0) is 9.36. The highest BCUT2D eigenvalue weighted by atomic mass is 127. The van der Waals surface area contributed by atoms with Gasteiger partial charge in [-0.25, -0.2) is 0 Å². The lowest BCUT2D eigenvalue weighted by Gasteiger charge is -2.18. The molecule has 1 rings (SSSR count).